The van der Waals surface area contributed by atoms with Crippen molar-refractivity contribution in [1.29, 1.82) is 0 Å². The molecule has 0 saturated carbocycles. The molecule has 0 radical (unpaired) electrons. The van der Waals surface area contributed by atoms with Gasteiger partial charge in [0.15, 0.2) is 0 Å². The summed E-state index contributed by atoms with van der Waals surface area (Å²) in [6, 6.07) is 4.34. The topological polar surface area (TPSA) is 35.5 Å². The minimum absolute atomic E-state index is 0.0279. The molecule has 0 aliphatic carbocycles. The molecule has 0 N–H and O–H groups in total. The van der Waals surface area contributed by atoms with Crippen molar-refractivity contribution in [3.63, 3.8) is 0 Å². The SMILES string of the molecule is C=C(COc1ccc(Br)c(F)c1)C(=O)OCC. The molecule has 3 nitrogen and oxygen atoms in total. The predicted molar refractivity (Wildman–Crippen MR) is 65.4 cm³/mol. The summed E-state index contributed by atoms with van der Waals surface area (Å²) in [5.41, 5.74) is 0.190. The van der Waals surface area contributed by atoms with Gasteiger partial charge in [0.2, 0.25) is 0 Å². The number of benzene rings is 1. The van der Waals surface area contributed by atoms with E-state index in [9.17, 15) is 9.18 Å². The molecule has 0 bridgehead atoms. The van der Waals surface area contributed by atoms with E-state index in [4.69, 9.17) is 9.47 Å². The third-order valence-electron chi connectivity index (χ3n) is 1.87. The van der Waals surface area contributed by atoms with Crippen LogP contribution in [0.4, 0.5) is 4.39 Å². The van der Waals surface area contributed by atoms with Gasteiger partial charge in [0.1, 0.15) is 18.2 Å². The average Bonchev–Trinajstić information content (AvgIpc) is 2.30. The summed E-state index contributed by atoms with van der Waals surface area (Å²) in [5, 5.41) is 0. The largest absolute Gasteiger partial charge is 0.489 e. The van der Waals surface area contributed by atoms with Gasteiger partial charge < -0.3 is 9.47 Å². The molecule has 0 aromatic heterocycles. The number of halogens is 2. The van der Waals surface area contributed by atoms with Gasteiger partial charge in [-0.1, -0.05) is 6.58 Å². The van der Waals surface area contributed by atoms with E-state index in [1.165, 1.54) is 12.1 Å². The number of carbonyl (C=O) groups is 1. The summed E-state index contributed by atoms with van der Waals surface area (Å²) in [6.45, 7) is 5.48. The zero-order chi connectivity index (χ0) is 12.8. The highest BCUT2D eigenvalue weighted by Gasteiger charge is 2.09. The molecule has 92 valence electrons. The second-order valence-electron chi connectivity index (χ2n) is 3.19. The van der Waals surface area contributed by atoms with E-state index >= 15 is 0 Å². The fourth-order valence-electron chi connectivity index (χ4n) is 1.03. The van der Waals surface area contributed by atoms with Crippen LogP contribution in [0.15, 0.2) is 34.8 Å². The lowest BCUT2D eigenvalue weighted by molar-refractivity contribution is -0.138. The number of esters is 1. The Bertz CT molecular complexity index is 432. The fraction of sp³-hybridized carbons (Fsp3) is 0.250. The van der Waals surface area contributed by atoms with Gasteiger partial charge in [0.25, 0.3) is 0 Å². The first-order valence-electron chi connectivity index (χ1n) is 4.97. The fourth-order valence-corrected chi connectivity index (χ4v) is 1.28. The summed E-state index contributed by atoms with van der Waals surface area (Å²) in [5.74, 6) is -0.606. The Kier molecular flexibility index (Phi) is 5.15. The van der Waals surface area contributed by atoms with Crippen molar-refractivity contribution in [2.24, 2.45) is 0 Å². The van der Waals surface area contributed by atoms with Crippen molar-refractivity contribution in [2.75, 3.05) is 13.2 Å². The lowest BCUT2D eigenvalue weighted by Crippen LogP contribution is -2.13. The number of rotatable bonds is 5. The maximum absolute atomic E-state index is 13.1. The Labute approximate surface area is 107 Å². The normalized spacial score (nSPS) is 9.82. The van der Waals surface area contributed by atoms with E-state index < -0.39 is 11.8 Å². The molecule has 0 spiro atoms. The first-order valence-corrected chi connectivity index (χ1v) is 5.76. The van der Waals surface area contributed by atoms with Crippen molar-refractivity contribution < 1.29 is 18.7 Å². The molecular weight excluding hydrogens is 291 g/mol. The van der Waals surface area contributed by atoms with Crippen LogP contribution in [0.3, 0.4) is 0 Å². The van der Waals surface area contributed by atoms with E-state index in [0.717, 1.165) is 0 Å². The molecule has 1 rings (SSSR count). The van der Waals surface area contributed by atoms with Gasteiger partial charge in [0.05, 0.1) is 16.7 Å². The standard InChI is InChI=1S/C12H12BrFO3/c1-3-16-12(15)8(2)7-17-9-4-5-10(13)11(14)6-9/h4-6H,2-3,7H2,1H3. The summed E-state index contributed by atoms with van der Waals surface area (Å²) >= 11 is 3.03. The third kappa shape index (κ3) is 4.19. The van der Waals surface area contributed by atoms with Crippen LogP contribution in [0.1, 0.15) is 6.92 Å². The van der Waals surface area contributed by atoms with Gasteiger partial charge in [-0.3, -0.25) is 0 Å². The van der Waals surface area contributed by atoms with Crippen molar-refractivity contribution in [1.82, 2.24) is 0 Å². The average molecular weight is 303 g/mol. The lowest BCUT2D eigenvalue weighted by Gasteiger charge is -2.08. The number of hydrogen-bond donors (Lipinski definition) is 0. The minimum atomic E-state index is -0.509. The molecule has 17 heavy (non-hydrogen) atoms. The van der Waals surface area contributed by atoms with E-state index in [1.807, 2.05) is 0 Å². The minimum Gasteiger partial charge on any atom is -0.489 e. The van der Waals surface area contributed by atoms with Gasteiger partial charge >= 0.3 is 5.97 Å². The highest BCUT2D eigenvalue weighted by Crippen LogP contribution is 2.21. The highest BCUT2D eigenvalue weighted by molar-refractivity contribution is 9.10. The summed E-state index contributed by atoms with van der Waals surface area (Å²) in [7, 11) is 0. The van der Waals surface area contributed by atoms with Gasteiger partial charge in [-0.15, -0.1) is 0 Å². The van der Waals surface area contributed by atoms with Crippen LogP contribution in [-0.2, 0) is 9.53 Å². The quantitative estimate of drug-likeness (QED) is 0.619. The molecule has 0 atom stereocenters. The smallest absolute Gasteiger partial charge is 0.336 e. The number of hydrogen-bond acceptors (Lipinski definition) is 3. The van der Waals surface area contributed by atoms with Crippen LogP contribution in [0.5, 0.6) is 5.75 Å². The number of ether oxygens (including phenoxy) is 2. The van der Waals surface area contributed by atoms with E-state index in [-0.39, 0.29) is 18.8 Å². The first-order chi connectivity index (χ1) is 8.04. The van der Waals surface area contributed by atoms with Crippen molar-refractivity contribution in [2.45, 2.75) is 6.92 Å². The lowest BCUT2D eigenvalue weighted by atomic mass is 10.3. The zero-order valence-electron chi connectivity index (χ0n) is 9.33. The highest BCUT2D eigenvalue weighted by atomic mass is 79.9. The second-order valence-corrected chi connectivity index (χ2v) is 4.04. The Morgan fingerprint density at radius 2 is 2.24 bits per heavy atom. The Morgan fingerprint density at radius 1 is 1.53 bits per heavy atom. The molecule has 0 fully saturated rings. The van der Waals surface area contributed by atoms with Crippen LogP contribution >= 0.6 is 15.9 Å². The Balaban J connectivity index is 2.53. The van der Waals surface area contributed by atoms with E-state index in [1.54, 1.807) is 13.0 Å². The molecule has 0 heterocycles. The first kappa shape index (κ1) is 13.7. The predicted octanol–water partition coefficient (Wildman–Crippen LogP) is 3.09. The van der Waals surface area contributed by atoms with Gasteiger partial charge in [-0.2, -0.15) is 0 Å². The summed E-state index contributed by atoms with van der Waals surface area (Å²) in [4.78, 5) is 11.2. The summed E-state index contributed by atoms with van der Waals surface area (Å²) in [6.07, 6.45) is 0. The molecule has 0 unspecified atom stereocenters. The summed E-state index contributed by atoms with van der Waals surface area (Å²) < 4.78 is 23.4. The third-order valence-corrected chi connectivity index (χ3v) is 2.51. The van der Waals surface area contributed by atoms with Crippen LogP contribution < -0.4 is 4.74 Å². The number of carbonyl (C=O) groups excluding carboxylic acids is 1. The monoisotopic (exact) mass is 302 g/mol. The van der Waals surface area contributed by atoms with Gasteiger partial charge in [-0.25, -0.2) is 9.18 Å². The molecule has 0 amide bonds. The van der Waals surface area contributed by atoms with E-state index in [2.05, 4.69) is 22.5 Å². The van der Waals surface area contributed by atoms with Crippen LogP contribution in [0.25, 0.3) is 0 Å². The Morgan fingerprint density at radius 3 is 2.82 bits per heavy atom. The Hall–Kier alpha value is -1.36. The second kappa shape index (κ2) is 6.39. The zero-order valence-corrected chi connectivity index (χ0v) is 10.9. The molecule has 5 heteroatoms. The van der Waals surface area contributed by atoms with E-state index in [0.29, 0.717) is 10.2 Å². The van der Waals surface area contributed by atoms with Crippen molar-refractivity contribution in [3.05, 3.63) is 40.6 Å². The molecule has 1 aromatic carbocycles. The molecule has 0 saturated heterocycles. The van der Waals surface area contributed by atoms with Crippen LogP contribution in [-0.4, -0.2) is 19.2 Å². The maximum Gasteiger partial charge on any atom is 0.336 e. The van der Waals surface area contributed by atoms with Crippen molar-refractivity contribution in [3.8, 4) is 5.75 Å². The molecular formula is C12H12BrFO3. The van der Waals surface area contributed by atoms with Crippen molar-refractivity contribution >= 4 is 21.9 Å². The van der Waals surface area contributed by atoms with Gasteiger partial charge in [-0.05, 0) is 35.0 Å². The molecule has 1 aromatic rings. The van der Waals surface area contributed by atoms with Crippen LogP contribution in [0, 0.1) is 5.82 Å². The maximum atomic E-state index is 13.1. The molecule has 0 aliphatic heterocycles. The van der Waals surface area contributed by atoms with Gasteiger partial charge in [0, 0.05) is 6.07 Å². The van der Waals surface area contributed by atoms with Crippen LogP contribution in [0.2, 0.25) is 0 Å². The molecule has 0 aliphatic rings.